The first kappa shape index (κ1) is 16.4. The van der Waals surface area contributed by atoms with Crippen molar-refractivity contribution in [3.8, 4) is 0 Å². The summed E-state index contributed by atoms with van der Waals surface area (Å²) in [6.07, 6.45) is 5.33. The summed E-state index contributed by atoms with van der Waals surface area (Å²) in [5.41, 5.74) is 0.562. The molecule has 1 aliphatic rings. The van der Waals surface area contributed by atoms with Crippen LogP contribution in [0.3, 0.4) is 0 Å². The molecule has 0 aliphatic carbocycles. The number of carboxylic acid groups (broad SMARTS) is 1. The van der Waals surface area contributed by atoms with Gasteiger partial charge in [0.2, 0.25) is 0 Å². The van der Waals surface area contributed by atoms with Gasteiger partial charge in [0.15, 0.2) is 0 Å². The number of nitrogens with zero attached hydrogens (tertiary/aromatic N) is 1. The Hall–Kier alpha value is -1.01. The Balaban J connectivity index is 2.24. The highest BCUT2D eigenvalue weighted by atomic mass is 79.9. The van der Waals surface area contributed by atoms with Crippen molar-refractivity contribution in [3.63, 3.8) is 0 Å². The molecule has 1 unspecified atom stereocenters. The topological polar surface area (TPSA) is 57.6 Å². The largest absolute Gasteiger partial charge is 0.478 e. The highest BCUT2D eigenvalue weighted by Gasteiger charge is 2.23. The Kier molecular flexibility index (Phi) is 5.70. The summed E-state index contributed by atoms with van der Waals surface area (Å²) in [5, 5.41) is 9.56. The summed E-state index contributed by atoms with van der Waals surface area (Å²) in [6.45, 7) is 1.47. The minimum atomic E-state index is -1.02. The second-order valence-corrected chi connectivity index (χ2v) is 7.19. The quantitative estimate of drug-likeness (QED) is 0.882. The van der Waals surface area contributed by atoms with E-state index >= 15 is 0 Å². The van der Waals surface area contributed by atoms with Crippen molar-refractivity contribution in [2.24, 2.45) is 0 Å². The van der Waals surface area contributed by atoms with Gasteiger partial charge in [-0.3, -0.25) is 4.79 Å². The van der Waals surface area contributed by atoms with E-state index in [1.54, 1.807) is 17.8 Å². The predicted octanol–water partition coefficient (Wildman–Crippen LogP) is 3.51. The number of hydrogen-bond donors (Lipinski definition) is 1. The molecule has 0 radical (unpaired) electrons. The molecule has 1 aromatic rings. The normalized spacial score (nSPS) is 19.1. The standard InChI is InChI=1S/C15H18BrNO3S/c1-21-13-4-2-3-5-17(9-13)14(18)10-6-11(15(19)20)8-12(16)7-10/h6-8,13H,2-5,9H2,1H3,(H,19,20). The van der Waals surface area contributed by atoms with Crippen molar-refractivity contribution in [1.29, 1.82) is 0 Å². The van der Waals surface area contributed by atoms with Gasteiger partial charge in [0.25, 0.3) is 5.91 Å². The summed E-state index contributed by atoms with van der Waals surface area (Å²) >= 11 is 5.07. The van der Waals surface area contributed by atoms with Crippen LogP contribution in [0.25, 0.3) is 0 Å². The monoisotopic (exact) mass is 371 g/mol. The first-order valence-electron chi connectivity index (χ1n) is 6.87. The molecule has 1 amide bonds. The number of halogens is 1. The Bertz CT molecular complexity index is 550. The summed E-state index contributed by atoms with van der Waals surface area (Å²) in [6, 6.07) is 4.65. The zero-order valence-corrected chi connectivity index (χ0v) is 14.2. The van der Waals surface area contributed by atoms with Gasteiger partial charge >= 0.3 is 5.97 Å². The third-order valence-corrected chi connectivity index (χ3v) is 5.15. The molecule has 2 rings (SSSR count). The van der Waals surface area contributed by atoms with Crippen molar-refractivity contribution in [2.75, 3.05) is 19.3 Å². The first-order chi connectivity index (χ1) is 10.0. The number of amides is 1. The van der Waals surface area contributed by atoms with Crippen LogP contribution in [0.4, 0.5) is 0 Å². The van der Waals surface area contributed by atoms with E-state index in [0.29, 0.717) is 15.3 Å². The van der Waals surface area contributed by atoms with Crippen LogP contribution in [0.1, 0.15) is 40.0 Å². The summed E-state index contributed by atoms with van der Waals surface area (Å²) in [5.74, 6) is -1.11. The van der Waals surface area contributed by atoms with E-state index in [2.05, 4.69) is 22.2 Å². The summed E-state index contributed by atoms with van der Waals surface area (Å²) < 4.78 is 0.613. The van der Waals surface area contributed by atoms with E-state index in [1.807, 2.05) is 4.90 Å². The lowest BCUT2D eigenvalue weighted by atomic mass is 10.1. The maximum absolute atomic E-state index is 12.6. The fraction of sp³-hybridized carbons (Fsp3) is 0.467. The van der Waals surface area contributed by atoms with Gasteiger partial charge in [0.05, 0.1) is 5.56 Å². The van der Waals surface area contributed by atoms with E-state index < -0.39 is 5.97 Å². The molecule has 1 N–H and O–H groups in total. The summed E-state index contributed by atoms with van der Waals surface area (Å²) in [4.78, 5) is 25.6. The van der Waals surface area contributed by atoms with Gasteiger partial charge in [-0.15, -0.1) is 0 Å². The molecule has 1 saturated heterocycles. The minimum absolute atomic E-state index is 0.0836. The lowest BCUT2D eigenvalue weighted by molar-refractivity contribution is 0.0697. The Labute approximate surface area is 137 Å². The van der Waals surface area contributed by atoms with E-state index in [4.69, 9.17) is 5.11 Å². The zero-order chi connectivity index (χ0) is 15.4. The number of likely N-dealkylation sites (tertiary alicyclic amines) is 1. The molecule has 1 fully saturated rings. The number of carbonyl (C=O) groups excluding carboxylic acids is 1. The number of hydrogen-bond acceptors (Lipinski definition) is 3. The molecule has 4 nitrogen and oxygen atoms in total. The fourth-order valence-electron chi connectivity index (χ4n) is 2.50. The molecule has 1 atom stereocenters. The minimum Gasteiger partial charge on any atom is -0.478 e. The van der Waals surface area contributed by atoms with E-state index in [9.17, 15) is 9.59 Å². The molecular weight excluding hydrogens is 354 g/mol. The van der Waals surface area contributed by atoms with Crippen molar-refractivity contribution in [2.45, 2.75) is 24.5 Å². The van der Waals surface area contributed by atoms with E-state index in [1.165, 1.54) is 12.1 Å². The van der Waals surface area contributed by atoms with Crippen molar-refractivity contribution in [3.05, 3.63) is 33.8 Å². The molecular formula is C15H18BrNO3S. The lowest BCUT2D eigenvalue weighted by Crippen LogP contribution is -2.35. The Morgan fingerprint density at radius 3 is 2.67 bits per heavy atom. The molecule has 0 bridgehead atoms. The molecule has 114 valence electrons. The predicted molar refractivity (Wildman–Crippen MR) is 88.2 cm³/mol. The molecule has 21 heavy (non-hydrogen) atoms. The second kappa shape index (κ2) is 7.31. The van der Waals surface area contributed by atoms with E-state index in [-0.39, 0.29) is 11.5 Å². The van der Waals surface area contributed by atoms with Gasteiger partial charge in [-0.1, -0.05) is 22.4 Å². The molecule has 1 aliphatic heterocycles. The van der Waals surface area contributed by atoms with Crippen LogP contribution in [0, 0.1) is 0 Å². The van der Waals surface area contributed by atoms with Gasteiger partial charge in [0, 0.05) is 28.4 Å². The summed E-state index contributed by atoms with van der Waals surface area (Å²) in [7, 11) is 0. The number of rotatable bonds is 3. The van der Waals surface area contributed by atoms with Crippen molar-refractivity contribution in [1.82, 2.24) is 4.90 Å². The average Bonchev–Trinajstić information content (AvgIpc) is 2.71. The number of aromatic carboxylic acids is 1. The van der Waals surface area contributed by atoms with E-state index in [0.717, 1.165) is 32.4 Å². The number of benzene rings is 1. The third kappa shape index (κ3) is 4.23. The Morgan fingerprint density at radius 2 is 2.00 bits per heavy atom. The molecule has 0 aromatic heterocycles. The van der Waals surface area contributed by atoms with Crippen molar-refractivity contribution < 1.29 is 14.7 Å². The molecule has 1 aromatic carbocycles. The SMILES string of the molecule is CSC1CCCCN(C(=O)c2cc(Br)cc(C(=O)O)c2)C1. The molecule has 1 heterocycles. The van der Waals surface area contributed by atoms with Crippen LogP contribution in [0.15, 0.2) is 22.7 Å². The highest BCUT2D eigenvalue weighted by Crippen LogP contribution is 2.23. The zero-order valence-electron chi connectivity index (χ0n) is 11.8. The third-order valence-electron chi connectivity index (χ3n) is 3.64. The van der Waals surface area contributed by atoms with Gasteiger partial charge in [-0.05, 0) is 37.3 Å². The maximum atomic E-state index is 12.6. The molecule has 6 heteroatoms. The van der Waals surface area contributed by atoms with Crippen LogP contribution < -0.4 is 0 Å². The number of carbonyl (C=O) groups is 2. The average molecular weight is 372 g/mol. The van der Waals surface area contributed by atoms with Gasteiger partial charge in [0.1, 0.15) is 0 Å². The van der Waals surface area contributed by atoms with Crippen LogP contribution in [-0.4, -0.2) is 46.5 Å². The molecule has 0 spiro atoms. The van der Waals surface area contributed by atoms with Gasteiger partial charge in [-0.2, -0.15) is 11.8 Å². The maximum Gasteiger partial charge on any atom is 0.335 e. The van der Waals surface area contributed by atoms with Gasteiger partial charge < -0.3 is 10.0 Å². The lowest BCUT2D eigenvalue weighted by Gasteiger charge is -2.24. The highest BCUT2D eigenvalue weighted by molar-refractivity contribution is 9.10. The molecule has 0 saturated carbocycles. The number of carboxylic acids is 1. The Morgan fingerprint density at radius 1 is 1.29 bits per heavy atom. The van der Waals surface area contributed by atoms with Crippen LogP contribution in [0.5, 0.6) is 0 Å². The van der Waals surface area contributed by atoms with Crippen LogP contribution >= 0.6 is 27.7 Å². The van der Waals surface area contributed by atoms with Crippen LogP contribution in [0.2, 0.25) is 0 Å². The van der Waals surface area contributed by atoms with Gasteiger partial charge in [-0.25, -0.2) is 4.79 Å². The fourth-order valence-corrected chi connectivity index (χ4v) is 3.72. The van der Waals surface area contributed by atoms with Crippen LogP contribution in [-0.2, 0) is 0 Å². The van der Waals surface area contributed by atoms with Crippen molar-refractivity contribution >= 4 is 39.6 Å². The first-order valence-corrected chi connectivity index (χ1v) is 8.95. The smallest absolute Gasteiger partial charge is 0.335 e. The second-order valence-electron chi connectivity index (χ2n) is 5.14. The number of thioether (sulfide) groups is 1.